The van der Waals surface area contributed by atoms with Gasteiger partial charge in [-0.15, -0.1) is 0 Å². The number of anilines is 2. The quantitative estimate of drug-likeness (QED) is 0.793. The lowest BCUT2D eigenvalue weighted by molar-refractivity contribution is -0.114. The third kappa shape index (κ3) is 4.34. The molecule has 2 N–H and O–H groups in total. The van der Waals surface area contributed by atoms with Crippen LogP contribution in [0, 0.1) is 6.92 Å². The van der Waals surface area contributed by atoms with E-state index in [1.54, 1.807) is 0 Å². The molecule has 2 aromatic carbocycles. The van der Waals surface area contributed by atoms with Crippen molar-refractivity contribution in [2.75, 3.05) is 17.2 Å². The van der Waals surface area contributed by atoms with Crippen molar-refractivity contribution in [3.63, 3.8) is 0 Å². The van der Waals surface area contributed by atoms with Gasteiger partial charge in [0, 0.05) is 15.8 Å². The molecule has 0 aliphatic heterocycles. The number of carbonyl (C=O) groups is 1. The molecule has 2 aromatic rings. The number of carbonyl (C=O) groups excluding carboxylic acids is 1. The predicted molar refractivity (Wildman–Crippen MR) is 96.5 cm³/mol. The first-order chi connectivity index (χ1) is 10.5. The Kier molecular flexibility index (Phi) is 5.61. The zero-order valence-corrected chi connectivity index (χ0v) is 14.7. The van der Waals surface area contributed by atoms with E-state index in [1.165, 1.54) is 5.56 Å². The van der Waals surface area contributed by atoms with Crippen molar-refractivity contribution in [3.8, 4) is 0 Å². The summed E-state index contributed by atoms with van der Waals surface area (Å²) in [6.45, 7) is 6.51. The molecule has 22 heavy (non-hydrogen) atoms. The average Bonchev–Trinajstić information content (AvgIpc) is 2.48. The van der Waals surface area contributed by atoms with Crippen LogP contribution in [0.2, 0.25) is 0 Å². The summed E-state index contributed by atoms with van der Waals surface area (Å²) in [6, 6.07) is 13.9. The smallest absolute Gasteiger partial charge is 0.243 e. The fourth-order valence-electron chi connectivity index (χ4n) is 2.30. The van der Waals surface area contributed by atoms with Crippen LogP contribution < -0.4 is 10.6 Å². The number of hydrogen-bond acceptors (Lipinski definition) is 2. The molecule has 0 aliphatic carbocycles. The molecule has 3 nitrogen and oxygen atoms in total. The van der Waals surface area contributed by atoms with Crippen LogP contribution in [0.4, 0.5) is 11.4 Å². The standard InChI is InChI=1S/C18H21BrN2O/c1-12(2)15-6-4-5-7-17(15)20-11-18(22)21-16-9-8-14(19)10-13(16)3/h4-10,12,20H,11H2,1-3H3,(H,21,22). The number of rotatable bonds is 5. The van der Waals surface area contributed by atoms with Gasteiger partial charge in [-0.2, -0.15) is 0 Å². The minimum atomic E-state index is -0.0519. The molecule has 4 heteroatoms. The Labute approximate surface area is 140 Å². The molecule has 1 amide bonds. The van der Waals surface area contributed by atoms with Crippen LogP contribution in [0.15, 0.2) is 46.9 Å². The maximum absolute atomic E-state index is 12.1. The molecule has 0 saturated carbocycles. The topological polar surface area (TPSA) is 41.1 Å². The second-order valence-electron chi connectivity index (χ2n) is 5.60. The number of hydrogen-bond donors (Lipinski definition) is 2. The summed E-state index contributed by atoms with van der Waals surface area (Å²) in [5, 5.41) is 6.16. The fourth-order valence-corrected chi connectivity index (χ4v) is 2.77. The van der Waals surface area contributed by atoms with E-state index in [2.05, 4.69) is 46.5 Å². The van der Waals surface area contributed by atoms with Gasteiger partial charge in [-0.05, 0) is 48.2 Å². The molecule has 0 aliphatic rings. The minimum absolute atomic E-state index is 0.0519. The van der Waals surface area contributed by atoms with Gasteiger partial charge in [0.25, 0.3) is 0 Å². The van der Waals surface area contributed by atoms with Crippen LogP contribution in [0.1, 0.15) is 30.9 Å². The third-order valence-electron chi connectivity index (χ3n) is 3.48. The van der Waals surface area contributed by atoms with E-state index in [-0.39, 0.29) is 12.5 Å². The van der Waals surface area contributed by atoms with Crippen LogP contribution in [-0.4, -0.2) is 12.5 Å². The van der Waals surface area contributed by atoms with E-state index in [0.717, 1.165) is 21.4 Å². The van der Waals surface area contributed by atoms with Gasteiger partial charge in [-0.3, -0.25) is 4.79 Å². The molecular formula is C18H21BrN2O. The normalized spacial score (nSPS) is 10.6. The lowest BCUT2D eigenvalue weighted by Crippen LogP contribution is -2.22. The van der Waals surface area contributed by atoms with Gasteiger partial charge in [0.2, 0.25) is 5.91 Å². The molecule has 0 heterocycles. The summed E-state index contributed by atoms with van der Waals surface area (Å²) in [5.41, 5.74) is 4.10. The van der Waals surface area contributed by atoms with Crippen molar-refractivity contribution in [1.82, 2.24) is 0 Å². The van der Waals surface area contributed by atoms with Crippen LogP contribution >= 0.6 is 15.9 Å². The molecule has 0 aromatic heterocycles. The predicted octanol–water partition coefficient (Wildman–Crippen LogP) is 4.93. The zero-order chi connectivity index (χ0) is 16.1. The first-order valence-electron chi connectivity index (χ1n) is 7.36. The Morgan fingerprint density at radius 2 is 1.86 bits per heavy atom. The number of amides is 1. The Morgan fingerprint density at radius 1 is 1.14 bits per heavy atom. The van der Waals surface area contributed by atoms with Gasteiger partial charge in [0.15, 0.2) is 0 Å². The monoisotopic (exact) mass is 360 g/mol. The van der Waals surface area contributed by atoms with E-state index in [1.807, 2.05) is 43.3 Å². The highest BCUT2D eigenvalue weighted by Crippen LogP contribution is 2.23. The highest BCUT2D eigenvalue weighted by atomic mass is 79.9. The highest BCUT2D eigenvalue weighted by molar-refractivity contribution is 9.10. The van der Waals surface area contributed by atoms with Crippen molar-refractivity contribution in [3.05, 3.63) is 58.1 Å². The Balaban J connectivity index is 1.99. The van der Waals surface area contributed by atoms with Gasteiger partial charge in [0.1, 0.15) is 0 Å². The van der Waals surface area contributed by atoms with Crippen LogP contribution in [0.3, 0.4) is 0 Å². The van der Waals surface area contributed by atoms with Gasteiger partial charge in [-0.25, -0.2) is 0 Å². The molecule has 2 rings (SSSR count). The summed E-state index contributed by atoms with van der Waals surface area (Å²) in [6.07, 6.45) is 0. The van der Waals surface area contributed by atoms with Gasteiger partial charge in [-0.1, -0.05) is 48.0 Å². The van der Waals surface area contributed by atoms with Crippen molar-refractivity contribution in [2.45, 2.75) is 26.7 Å². The fraction of sp³-hybridized carbons (Fsp3) is 0.278. The molecule has 0 bridgehead atoms. The van der Waals surface area contributed by atoms with E-state index < -0.39 is 0 Å². The van der Waals surface area contributed by atoms with E-state index in [0.29, 0.717) is 5.92 Å². The second-order valence-corrected chi connectivity index (χ2v) is 6.52. The van der Waals surface area contributed by atoms with Crippen molar-refractivity contribution < 1.29 is 4.79 Å². The Morgan fingerprint density at radius 3 is 2.55 bits per heavy atom. The van der Waals surface area contributed by atoms with Crippen LogP contribution in [-0.2, 0) is 4.79 Å². The molecule has 116 valence electrons. The SMILES string of the molecule is Cc1cc(Br)ccc1NC(=O)CNc1ccccc1C(C)C. The van der Waals surface area contributed by atoms with E-state index in [4.69, 9.17) is 0 Å². The van der Waals surface area contributed by atoms with Crippen LogP contribution in [0.5, 0.6) is 0 Å². The maximum Gasteiger partial charge on any atom is 0.243 e. The number of halogens is 1. The number of para-hydroxylation sites is 1. The summed E-state index contributed by atoms with van der Waals surface area (Å²) in [7, 11) is 0. The lowest BCUT2D eigenvalue weighted by atomic mass is 10.0. The number of benzene rings is 2. The summed E-state index contributed by atoms with van der Waals surface area (Å²) >= 11 is 3.42. The maximum atomic E-state index is 12.1. The Hall–Kier alpha value is -1.81. The van der Waals surface area contributed by atoms with Gasteiger partial charge < -0.3 is 10.6 Å². The molecular weight excluding hydrogens is 340 g/mol. The van der Waals surface area contributed by atoms with E-state index in [9.17, 15) is 4.79 Å². The second kappa shape index (κ2) is 7.45. The van der Waals surface area contributed by atoms with Gasteiger partial charge >= 0.3 is 0 Å². The van der Waals surface area contributed by atoms with Crippen LogP contribution in [0.25, 0.3) is 0 Å². The molecule has 0 saturated heterocycles. The lowest BCUT2D eigenvalue weighted by Gasteiger charge is -2.15. The molecule has 0 unspecified atom stereocenters. The average molecular weight is 361 g/mol. The molecule has 0 radical (unpaired) electrons. The highest BCUT2D eigenvalue weighted by Gasteiger charge is 2.08. The first-order valence-corrected chi connectivity index (χ1v) is 8.15. The van der Waals surface area contributed by atoms with Crippen molar-refractivity contribution in [1.29, 1.82) is 0 Å². The van der Waals surface area contributed by atoms with Gasteiger partial charge in [0.05, 0.1) is 6.54 Å². The van der Waals surface area contributed by atoms with Crippen molar-refractivity contribution >= 4 is 33.2 Å². The molecule has 0 atom stereocenters. The zero-order valence-electron chi connectivity index (χ0n) is 13.1. The molecule has 0 fully saturated rings. The molecule has 0 spiro atoms. The summed E-state index contributed by atoms with van der Waals surface area (Å²) < 4.78 is 1.01. The largest absolute Gasteiger partial charge is 0.376 e. The Bertz CT molecular complexity index is 668. The first kappa shape index (κ1) is 16.6. The third-order valence-corrected chi connectivity index (χ3v) is 3.98. The number of nitrogens with one attached hydrogen (secondary N) is 2. The summed E-state index contributed by atoms with van der Waals surface area (Å²) in [5.74, 6) is 0.365. The summed E-state index contributed by atoms with van der Waals surface area (Å²) in [4.78, 5) is 12.1. The van der Waals surface area contributed by atoms with Crippen molar-refractivity contribution in [2.24, 2.45) is 0 Å². The minimum Gasteiger partial charge on any atom is -0.376 e. The number of aryl methyl sites for hydroxylation is 1. The van der Waals surface area contributed by atoms with E-state index >= 15 is 0 Å².